The highest BCUT2D eigenvalue weighted by Gasteiger charge is 2.29. The number of hydrogen-bond acceptors (Lipinski definition) is 0. The van der Waals surface area contributed by atoms with E-state index in [1.54, 1.807) is 0 Å². The predicted octanol–water partition coefficient (Wildman–Crippen LogP) is 5.28. The molecule has 3 atom stereocenters. The molecule has 3 unspecified atom stereocenters. The van der Waals surface area contributed by atoms with Crippen LogP contribution in [0.3, 0.4) is 0 Å². The summed E-state index contributed by atoms with van der Waals surface area (Å²) in [5.41, 5.74) is 3.69. The van der Waals surface area contributed by atoms with E-state index in [1.807, 2.05) is 11.1 Å². The Morgan fingerprint density at radius 1 is 0.933 bits per heavy atom. The van der Waals surface area contributed by atoms with Crippen LogP contribution in [0.5, 0.6) is 0 Å². The molecule has 0 aromatic carbocycles. The van der Waals surface area contributed by atoms with Gasteiger partial charge in [0.2, 0.25) is 0 Å². The Morgan fingerprint density at radius 2 is 1.67 bits per heavy atom. The first-order valence-corrected chi connectivity index (χ1v) is 8.70. The maximum Gasteiger partial charge on any atom is 0.0332 e. The average Bonchev–Trinajstić information content (AvgIpc) is 2.18. The molecule has 2 aliphatic rings. The van der Waals surface area contributed by atoms with Crippen molar-refractivity contribution >= 4 is 45.2 Å². The Balaban J connectivity index is 2.30. The zero-order chi connectivity index (χ0) is 10.8. The third kappa shape index (κ3) is 2.90. The molecule has 0 fully saturated rings. The van der Waals surface area contributed by atoms with Crippen molar-refractivity contribution in [2.75, 3.05) is 0 Å². The lowest BCUT2D eigenvalue weighted by Gasteiger charge is -2.34. The van der Waals surface area contributed by atoms with Gasteiger partial charge in [0.15, 0.2) is 0 Å². The molecule has 0 bridgehead atoms. The van der Waals surface area contributed by atoms with Crippen molar-refractivity contribution in [1.82, 2.24) is 0 Å². The molecular formula is C13H20I2. The Morgan fingerprint density at radius 3 is 2.47 bits per heavy atom. The molecule has 0 saturated carbocycles. The van der Waals surface area contributed by atoms with Crippen molar-refractivity contribution in [3.8, 4) is 0 Å². The highest BCUT2D eigenvalue weighted by Crippen LogP contribution is 2.42. The van der Waals surface area contributed by atoms with Crippen LogP contribution in [0.4, 0.5) is 0 Å². The number of hydrogen-bond donors (Lipinski definition) is 0. The second-order valence-electron chi connectivity index (χ2n) is 4.99. The van der Waals surface area contributed by atoms with Gasteiger partial charge in [0.05, 0.1) is 0 Å². The van der Waals surface area contributed by atoms with E-state index in [9.17, 15) is 0 Å². The molecule has 0 aromatic heterocycles. The molecule has 0 spiro atoms. The highest BCUT2D eigenvalue weighted by molar-refractivity contribution is 14.1. The van der Waals surface area contributed by atoms with Gasteiger partial charge < -0.3 is 0 Å². The largest absolute Gasteiger partial charge is 0.0777 e. The van der Waals surface area contributed by atoms with Crippen LogP contribution in [0.25, 0.3) is 0 Å². The van der Waals surface area contributed by atoms with Crippen LogP contribution in [0.1, 0.15) is 51.9 Å². The lowest BCUT2D eigenvalue weighted by Crippen LogP contribution is -2.24. The van der Waals surface area contributed by atoms with Crippen molar-refractivity contribution in [3.05, 3.63) is 11.1 Å². The zero-order valence-corrected chi connectivity index (χ0v) is 13.8. The summed E-state index contributed by atoms with van der Waals surface area (Å²) < 4.78 is 1.68. The fourth-order valence-corrected chi connectivity index (χ4v) is 6.13. The van der Waals surface area contributed by atoms with Gasteiger partial charge in [0.1, 0.15) is 0 Å². The topological polar surface area (TPSA) is 0 Å². The van der Waals surface area contributed by atoms with Gasteiger partial charge in [-0.15, -0.1) is 0 Å². The minimum atomic E-state index is 0.836. The van der Waals surface area contributed by atoms with E-state index in [2.05, 4.69) is 52.1 Å². The summed E-state index contributed by atoms with van der Waals surface area (Å²) in [6.45, 7) is 2.45. The van der Waals surface area contributed by atoms with Gasteiger partial charge in [-0.3, -0.25) is 0 Å². The van der Waals surface area contributed by atoms with Crippen LogP contribution in [0.15, 0.2) is 11.1 Å². The van der Waals surface area contributed by atoms with Gasteiger partial charge in [-0.25, -0.2) is 0 Å². The number of allylic oxidation sites excluding steroid dienone is 2. The molecule has 2 heteroatoms. The summed E-state index contributed by atoms with van der Waals surface area (Å²) in [5, 5.41) is 0. The van der Waals surface area contributed by atoms with Crippen LogP contribution >= 0.6 is 45.2 Å². The average molecular weight is 430 g/mol. The first kappa shape index (κ1) is 12.7. The zero-order valence-electron chi connectivity index (χ0n) is 9.44. The van der Waals surface area contributed by atoms with Crippen molar-refractivity contribution in [1.29, 1.82) is 0 Å². The minimum Gasteiger partial charge on any atom is -0.0777 e. The van der Waals surface area contributed by atoms with Crippen molar-refractivity contribution < 1.29 is 0 Å². The molecule has 0 aromatic rings. The molecule has 0 saturated heterocycles. The number of halogens is 2. The third-order valence-corrected chi connectivity index (χ3v) is 6.49. The molecule has 0 N–H and O–H groups in total. The van der Waals surface area contributed by atoms with Crippen LogP contribution in [0.2, 0.25) is 0 Å². The Labute approximate surface area is 121 Å². The maximum absolute atomic E-state index is 2.70. The molecule has 0 amide bonds. The minimum absolute atomic E-state index is 0.836. The Hall–Kier alpha value is 1.20. The lowest BCUT2D eigenvalue weighted by molar-refractivity contribution is 0.489. The third-order valence-electron chi connectivity index (χ3n) is 3.90. The first-order valence-electron chi connectivity index (χ1n) is 6.21. The van der Waals surface area contributed by atoms with E-state index >= 15 is 0 Å². The Bertz CT molecular complexity index is 257. The fourth-order valence-electron chi connectivity index (χ4n) is 2.97. The van der Waals surface area contributed by atoms with Gasteiger partial charge in [-0.2, -0.15) is 0 Å². The lowest BCUT2D eigenvalue weighted by atomic mass is 9.78. The normalized spacial score (nSPS) is 38.2. The van der Waals surface area contributed by atoms with Crippen molar-refractivity contribution in [3.63, 3.8) is 0 Å². The fraction of sp³-hybridized carbons (Fsp3) is 0.846. The van der Waals surface area contributed by atoms with E-state index in [1.165, 1.54) is 44.9 Å². The molecule has 0 aliphatic heterocycles. The van der Waals surface area contributed by atoms with Gasteiger partial charge in [-0.05, 0) is 43.6 Å². The van der Waals surface area contributed by atoms with Gasteiger partial charge >= 0.3 is 0 Å². The van der Waals surface area contributed by atoms with E-state index in [0.717, 1.165) is 13.8 Å². The van der Waals surface area contributed by atoms with Gasteiger partial charge in [-0.1, -0.05) is 70.5 Å². The molecule has 2 aliphatic carbocycles. The van der Waals surface area contributed by atoms with Crippen LogP contribution in [0, 0.1) is 5.92 Å². The van der Waals surface area contributed by atoms with Crippen LogP contribution < -0.4 is 0 Å². The van der Waals surface area contributed by atoms with Crippen LogP contribution in [-0.2, 0) is 0 Å². The summed E-state index contributed by atoms with van der Waals surface area (Å²) in [5.74, 6) is 0.876. The predicted molar refractivity (Wildman–Crippen MR) is 84.1 cm³/mol. The molecular weight excluding hydrogens is 410 g/mol. The smallest absolute Gasteiger partial charge is 0.0332 e. The van der Waals surface area contributed by atoms with E-state index < -0.39 is 0 Å². The van der Waals surface area contributed by atoms with E-state index in [4.69, 9.17) is 0 Å². The molecule has 0 radical (unpaired) electrons. The number of alkyl halides is 2. The van der Waals surface area contributed by atoms with Gasteiger partial charge in [0.25, 0.3) is 0 Å². The molecule has 15 heavy (non-hydrogen) atoms. The molecule has 86 valence electrons. The molecule has 0 nitrogen and oxygen atoms in total. The summed E-state index contributed by atoms with van der Waals surface area (Å²) in [4.78, 5) is 0. The molecule has 2 rings (SSSR count). The van der Waals surface area contributed by atoms with E-state index in [-0.39, 0.29) is 0 Å². The second kappa shape index (κ2) is 5.69. The van der Waals surface area contributed by atoms with Gasteiger partial charge in [0, 0.05) is 7.85 Å². The first-order chi connectivity index (χ1) is 7.20. The second-order valence-corrected chi connectivity index (χ2v) is 8.00. The van der Waals surface area contributed by atoms with Crippen molar-refractivity contribution in [2.45, 2.75) is 59.7 Å². The number of rotatable bonds is 0. The van der Waals surface area contributed by atoms with Crippen molar-refractivity contribution in [2.24, 2.45) is 5.92 Å². The quantitative estimate of drug-likeness (QED) is 0.279. The maximum atomic E-state index is 2.70. The summed E-state index contributed by atoms with van der Waals surface area (Å²) in [6, 6.07) is 0. The van der Waals surface area contributed by atoms with Crippen LogP contribution in [-0.4, -0.2) is 7.85 Å². The SMILES string of the molecule is CC1CCC(I)C2=C1CCCCCC2I. The Kier molecular flexibility index (Phi) is 4.80. The monoisotopic (exact) mass is 430 g/mol. The molecule has 0 heterocycles. The highest BCUT2D eigenvalue weighted by atomic mass is 127. The summed E-state index contributed by atoms with van der Waals surface area (Å²) in [6.07, 6.45) is 10.0. The standard InChI is InChI=1S/C13H20I2/c1-9-7-8-12(15)13-10(9)5-3-2-4-6-11(13)14/h9,11-12H,2-8H2,1H3. The van der Waals surface area contributed by atoms with E-state index in [0.29, 0.717) is 0 Å². The summed E-state index contributed by atoms with van der Waals surface area (Å²) >= 11 is 5.38. The summed E-state index contributed by atoms with van der Waals surface area (Å²) in [7, 11) is 0.